The third kappa shape index (κ3) is 3.53. The van der Waals surface area contributed by atoms with E-state index in [-0.39, 0.29) is 18.1 Å². The molecule has 6 nitrogen and oxygen atoms in total. The second-order valence-electron chi connectivity index (χ2n) is 5.19. The van der Waals surface area contributed by atoms with E-state index in [1.54, 1.807) is 18.4 Å². The number of hydrogen-bond donors (Lipinski definition) is 3. The van der Waals surface area contributed by atoms with Crippen molar-refractivity contribution in [3.8, 4) is 0 Å². The third-order valence-electron chi connectivity index (χ3n) is 3.72. The molecule has 1 fully saturated rings. The van der Waals surface area contributed by atoms with E-state index in [0.717, 1.165) is 12.8 Å². The lowest BCUT2D eigenvalue weighted by Crippen LogP contribution is -2.49. The smallest absolute Gasteiger partial charge is 0.315 e. The quantitative estimate of drug-likeness (QED) is 0.789. The van der Waals surface area contributed by atoms with Crippen LogP contribution in [0.15, 0.2) is 22.8 Å². The van der Waals surface area contributed by atoms with Crippen LogP contribution in [0.1, 0.15) is 44.4 Å². The fourth-order valence-corrected chi connectivity index (χ4v) is 2.61. The van der Waals surface area contributed by atoms with Gasteiger partial charge in [-0.2, -0.15) is 0 Å². The molecule has 0 bridgehead atoms. The highest BCUT2D eigenvalue weighted by atomic mass is 16.4. The van der Waals surface area contributed by atoms with Crippen molar-refractivity contribution < 1.29 is 19.1 Å². The minimum atomic E-state index is -0.839. The van der Waals surface area contributed by atoms with E-state index in [4.69, 9.17) is 9.52 Å². The second kappa shape index (κ2) is 6.45. The summed E-state index contributed by atoms with van der Waals surface area (Å²) in [7, 11) is 0. The average molecular weight is 280 g/mol. The van der Waals surface area contributed by atoms with Crippen LogP contribution in [-0.2, 0) is 4.79 Å². The van der Waals surface area contributed by atoms with Crippen LogP contribution >= 0.6 is 0 Å². The summed E-state index contributed by atoms with van der Waals surface area (Å²) in [6, 6.07) is 2.63. The largest absolute Gasteiger partial charge is 0.481 e. The zero-order valence-electron chi connectivity index (χ0n) is 11.5. The minimum Gasteiger partial charge on any atom is -0.481 e. The van der Waals surface area contributed by atoms with Crippen molar-refractivity contribution in [3.63, 3.8) is 0 Å². The summed E-state index contributed by atoms with van der Waals surface area (Å²) in [5, 5.41) is 14.7. The summed E-state index contributed by atoms with van der Waals surface area (Å²) in [6.45, 7) is 1.81. The number of nitrogens with one attached hydrogen (secondary N) is 2. The van der Waals surface area contributed by atoms with Crippen molar-refractivity contribution in [2.24, 2.45) is 5.92 Å². The van der Waals surface area contributed by atoms with Crippen molar-refractivity contribution in [2.75, 3.05) is 0 Å². The predicted molar refractivity (Wildman–Crippen MR) is 72.2 cm³/mol. The Morgan fingerprint density at radius 1 is 1.40 bits per heavy atom. The topological polar surface area (TPSA) is 91.6 Å². The van der Waals surface area contributed by atoms with Gasteiger partial charge in [-0.25, -0.2) is 4.79 Å². The van der Waals surface area contributed by atoms with Crippen LogP contribution in [0.4, 0.5) is 4.79 Å². The van der Waals surface area contributed by atoms with Crippen LogP contribution in [0.5, 0.6) is 0 Å². The molecule has 1 aliphatic carbocycles. The molecule has 3 atom stereocenters. The number of carbonyl (C=O) groups excluding carboxylic acids is 1. The monoisotopic (exact) mass is 280 g/mol. The number of urea groups is 1. The normalized spacial score (nSPS) is 23.9. The van der Waals surface area contributed by atoms with Gasteiger partial charge in [0.15, 0.2) is 0 Å². The zero-order chi connectivity index (χ0) is 14.5. The van der Waals surface area contributed by atoms with E-state index >= 15 is 0 Å². The van der Waals surface area contributed by atoms with Gasteiger partial charge in [-0.3, -0.25) is 4.79 Å². The predicted octanol–water partition coefficient (Wildman–Crippen LogP) is 2.28. The maximum Gasteiger partial charge on any atom is 0.315 e. The fourth-order valence-electron chi connectivity index (χ4n) is 2.61. The van der Waals surface area contributed by atoms with Crippen LogP contribution in [0.25, 0.3) is 0 Å². The first kappa shape index (κ1) is 14.4. The van der Waals surface area contributed by atoms with E-state index in [1.165, 1.54) is 0 Å². The fraction of sp³-hybridized carbons (Fsp3) is 0.571. The lowest BCUT2D eigenvalue weighted by molar-refractivity contribution is -0.143. The molecule has 1 aromatic rings. The first-order valence-electron chi connectivity index (χ1n) is 6.91. The highest BCUT2D eigenvalue weighted by Crippen LogP contribution is 2.24. The highest BCUT2D eigenvalue weighted by Gasteiger charge is 2.32. The molecule has 2 rings (SSSR count). The second-order valence-corrected chi connectivity index (χ2v) is 5.19. The van der Waals surface area contributed by atoms with Crippen molar-refractivity contribution in [3.05, 3.63) is 24.2 Å². The summed E-state index contributed by atoms with van der Waals surface area (Å²) in [5.41, 5.74) is 0. The van der Waals surface area contributed by atoms with Gasteiger partial charge in [0, 0.05) is 6.04 Å². The molecule has 3 unspecified atom stereocenters. The maximum atomic E-state index is 11.9. The molecule has 3 N–H and O–H groups in total. The Hall–Kier alpha value is -1.98. The molecule has 0 saturated heterocycles. The molecular formula is C14H20N2O4. The lowest BCUT2D eigenvalue weighted by Gasteiger charge is -2.29. The molecule has 1 aliphatic rings. The van der Waals surface area contributed by atoms with Gasteiger partial charge in [0.2, 0.25) is 0 Å². The molecule has 2 amide bonds. The number of carboxylic acids is 1. The number of rotatable bonds is 4. The minimum absolute atomic E-state index is 0.253. The van der Waals surface area contributed by atoms with Crippen molar-refractivity contribution in [1.29, 1.82) is 0 Å². The van der Waals surface area contributed by atoms with E-state index in [1.807, 2.05) is 6.92 Å². The molecular weight excluding hydrogens is 260 g/mol. The Balaban J connectivity index is 1.88. The van der Waals surface area contributed by atoms with Gasteiger partial charge in [-0.15, -0.1) is 0 Å². The molecule has 1 aromatic heterocycles. The third-order valence-corrected chi connectivity index (χ3v) is 3.72. The summed E-state index contributed by atoms with van der Waals surface area (Å²) in [5.74, 6) is -0.666. The van der Waals surface area contributed by atoms with Gasteiger partial charge in [0.05, 0.1) is 18.2 Å². The highest BCUT2D eigenvalue weighted by molar-refractivity contribution is 5.77. The SMILES string of the molecule is CC(NC(=O)NC1CCCCC1C(=O)O)c1ccco1. The maximum absolute atomic E-state index is 11.9. The zero-order valence-corrected chi connectivity index (χ0v) is 11.5. The Morgan fingerprint density at radius 3 is 2.80 bits per heavy atom. The van der Waals surface area contributed by atoms with Crippen molar-refractivity contribution in [1.82, 2.24) is 10.6 Å². The summed E-state index contributed by atoms with van der Waals surface area (Å²) < 4.78 is 5.21. The number of carbonyl (C=O) groups is 2. The lowest BCUT2D eigenvalue weighted by atomic mass is 9.84. The van der Waals surface area contributed by atoms with E-state index in [9.17, 15) is 9.59 Å². The van der Waals surface area contributed by atoms with E-state index in [2.05, 4.69) is 10.6 Å². The van der Waals surface area contributed by atoms with Crippen LogP contribution in [-0.4, -0.2) is 23.1 Å². The molecule has 0 aromatic carbocycles. The molecule has 0 spiro atoms. The number of amides is 2. The summed E-state index contributed by atoms with van der Waals surface area (Å²) >= 11 is 0. The Morgan fingerprint density at radius 2 is 2.15 bits per heavy atom. The summed E-state index contributed by atoms with van der Waals surface area (Å²) in [6.07, 6.45) is 4.72. The molecule has 20 heavy (non-hydrogen) atoms. The number of furan rings is 1. The standard InChI is InChI=1S/C14H20N2O4/c1-9(12-7-4-8-20-12)15-14(19)16-11-6-3-2-5-10(11)13(17)18/h4,7-11H,2-3,5-6H2,1H3,(H,17,18)(H2,15,16,19). The molecule has 6 heteroatoms. The van der Waals surface area contributed by atoms with Crippen LogP contribution < -0.4 is 10.6 Å². The van der Waals surface area contributed by atoms with Crippen LogP contribution in [0, 0.1) is 5.92 Å². The Bertz CT molecular complexity index is 458. The number of carboxylic acid groups (broad SMARTS) is 1. The Labute approximate surface area is 117 Å². The van der Waals surface area contributed by atoms with Gasteiger partial charge in [0.1, 0.15) is 5.76 Å². The van der Waals surface area contributed by atoms with E-state index in [0.29, 0.717) is 18.6 Å². The molecule has 0 aliphatic heterocycles. The average Bonchev–Trinajstić information content (AvgIpc) is 2.92. The summed E-state index contributed by atoms with van der Waals surface area (Å²) in [4.78, 5) is 23.1. The molecule has 110 valence electrons. The molecule has 1 heterocycles. The van der Waals surface area contributed by atoms with Gasteiger partial charge in [-0.05, 0) is 31.9 Å². The first-order valence-corrected chi connectivity index (χ1v) is 6.91. The molecule has 1 saturated carbocycles. The van der Waals surface area contributed by atoms with Gasteiger partial charge in [0.25, 0.3) is 0 Å². The van der Waals surface area contributed by atoms with Gasteiger partial charge in [-0.1, -0.05) is 12.8 Å². The Kier molecular flexibility index (Phi) is 4.65. The van der Waals surface area contributed by atoms with Crippen LogP contribution in [0.2, 0.25) is 0 Å². The van der Waals surface area contributed by atoms with Gasteiger partial charge >= 0.3 is 12.0 Å². The molecule has 0 radical (unpaired) electrons. The number of hydrogen-bond acceptors (Lipinski definition) is 3. The first-order chi connectivity index (χ1) is 9.58. The van der Waals surface area contributed by atoms with E-state index < -0.39 is 11.9 Å². The number of aliphatic carboxylic acids is 1. The van der Waals surface area contributed by atoms with Crippen molar-refractivity contribution in [2.45, 2.75) is 44.7 Å². The van der Waals surface area contributed by atoms with Crippen molar-refractivity contribution >= 4 is 12.0 Å². The van der Waals surface area contributed by atoms with Gasteiger partial charge < -0.3 is 20.2 Å². The van der Waals surface area contributed by atoms with Crippen LogP contribution in [0.3, 0.4) is 0 Å².